The fraction of sp³-hybridized carbons (Fsp3) is 0.304. The van der Waals surface area contributed by atoms with E-state index in [9.17, 15) is 14.9 Å². The molecule has 3 amide bonds. The summed E-state index contributed by atoms with van der Waals surface area (Å²) in [6.07, 6.45) is 0.673. The topological polar surface area (TPSA) is 98.1 Å². The van der Waals surface area contributed by atoms with Crippen LogP contribution in [0.1, 0.15) is 17.5 Å². The van der Waals surface area contributed by atoms with E-state index in [4.69, 9.17) is 33.3 Å². The predicted octanol–water partition coefficient (Wildman–Crippen LogP) is 3.24. The van der Waals surface area contributed by atoms with Crippen molar-refractivity contribution in [3.63, 3.8) is 0 Å². The summed E-state index contributed by atoms with van der Waals surface area (Å²) >= 11 is 12.0. The summed E-state index contributed by atoms with van der Waals surface area (Å²) in [7, 11) is 0. The molecule has 4 heterocycles. The molecule has 3 fully saturated rings. The Hall–Kier alpha value is -3.55. The van der Waals surface area contributed by atoms with Gasteiger partial charge in [-0.2, -0.15) is 5.26 Å². The molecule has 0 spiro atoms. The monoisotopic (exact) mass is 495 g/mol. The van der Waals surface area contributed by atoms with Crippen molar-refractivity contribution < 1.29 is 19.1 Å². The van der Waals surface area contributed by atoms with Crippen LogP contribution in [-0.2, 0) is 4.79 Å². The number of fused-ring (bicyclic) bond motifs is 6. The number of halogens is 1. The van der Waals surface area contributed by atoms with Gasteiger partial charge in [-0.1, -0.05) is 11.6 Å². The van der Waals surface area contributed by atoms with E-state index in [1.807, 2.05) is 29.2 Å². The number of rotatable bonds is 2. The van der Waals surface area contributed by atoms with Gasteiger partial charge in [0.15, 0.2) is 16.6 Å². The number of nitrogens with zero attached hydrogens (tertiary/aromatic N) is 4. The van der Waals surface area contributed by atoms with Crippen LogP contribution in [0.15, 0.2) is 30.3 Å². The van der Waals surface area contributed by atoms with Crippen molar-refractivity contribution in [2.75, 3.05) is 23.6 Å². The summed E-state index contributed by atoms with van der Waals surface area (Å²) in [6, 6.07) is 9.29. The summed E-state index contributed by atoms with van der Waals surface area (Å²) in [6.45, 7) is 2.43. The first kappa shape index (κ1) is 21.0. The molecule has 1 unspecified atom stereocenters. The van der Waals surface area contributed by atoms with Crippen molar-refractivity contribution in [3.05, 3.63) is 46.5 Å². The van der Waals surface area contributed by atoms with E-state index in [1.165, 1.54) is 11.0 Å². The molecule has 3 atom stereocenters. The van der Waals surface area contributed by atoms with Crippen LogP contribution in [0.4, 0.5) is 16.2 Å². The highest BCUT2D eigenvalue weighted by Crippen LogP contribution is 2.44. The Morgan fingerprint density at radius 2 is 2.03 bits per heavy atom. The number of nitrogens with one attached hydrogen (secondary N) is 1. The van der Waals surface area contributed by atoms with Gasteiger partial charge < -0.3 is 24.6 Å². The Kier molecular flexibility index (Phi) is 4.62. The van der Waals surface area contributed by atoms with Gasteiger partial charge in [-0.3, -0.25) is 4.79 Å². The molecule has 0 radical (unpaired) electrons. The van der Waals surface area contributed by atoms with Gasteiger partial charge in [-0.05, 0) is 55.4 Å². The Morgan fingerprint density at radius 3 is 2.82 bits per heavy atom. The van der Waals surface area contributed by atoms with Crippen molar-refractivity contribution in [1.29, 1.82) is 5.26 Å². The maximum absolute atomic E-state index is 13.5. The zero-order valence-electron chi connectivity index (χ0n) is 17.9. The molecule has 34 heavy (non-hydrogen) atoms. The van der Waals surface area contributed by atoms with Crippen LogP contribution in [0, 0.1) is 18.3 Å². The second-order valence-electron chi connectivity index (χ2n) is 8.60. The smallest absolute Gasteiger partial charge is 0.332 e. The first-order valence-corrected chi connectivity index (χ1v) is 11.5. The highest BCUT2D eigenvalue weighted by atomic mass is 35.5. The van der Waals surface area contributed by atoms with E-state index in [1.54, 1.807) is 17.9 Å². The number of hydrogen-bond acceptors (Lipinski definition) is 6. The van der Waals surface area contributed by atoms with E-state index in [0.29, 0.717) is 46.4 Å². The summed E-state index contributed by atoms with van der Waals surface area (Å²) in [5, 5.41) is 13.2. The third kappa shape index (κ3) is 2.87. The number of benzene rings is 2. The van der Waals surface area contributed by atoms with Crippen LogP contribution in [0.2, 0.25) is 5.02 Å². The molecular formula is C23H18ClN5O4S. The Labute approximate surface area is 205 Å². The zero-order valence-corrected chi connectivity index (χ0v) is 19.5. The van der Waals surface area contributed by atoms with Gasteiger partial charge in [0.05, 0.1) is 28.4 Å². The molecule has 2 bridgehead atoms. The lowest BCUT2D eigenvalue weighted by Crippen LogP contribution is -2.55. The Morgan fingerprint density at radius 1 is 1.24 bits per heavy atom. The number of anilines is 2. The zero-order chi connectivity index (χ0) is 23.7. The van der Waals surface area contributed by atoms with Gasteiger partial charge in [0.2, 0.25) is 6.79 Å². The Balaban J connectivity index is 1.25. The molecule has 3 saturated heterocycles. The van der Waals surface area contributed by atoms with Gasteiger partial charge in [0.1, 0.15) is 12.1 Å². The highest BCUT2D eigenvalue weighted by Gasteiger charge is 2.62. The molecule has 0 aromatic heterocycles. The minimum Gasteiger partial charge on any atom is -0.454 e. The molecule has 0 aliphatic carbocycles. The van der Waals surface area contributed by atoms with Gasteiger partial charge in [-0.15, -0.1) is 0 Å². The number of amides is 3. The number of likely N-dealkylation sites (tertiary alicyclic amines) is 1. The average molecular weight is 496 g/mol. The summed E-state index contributed by atoms with van der Waals surface area (Å²) in [5.41, 5.74) is 1.98. The lowest BCUT2D eigenvalue weighted by atomic mass is 10.1. The van der Waals surface area contributed by atoms with E-state index in [2.05, 4.69) is 5.32 Å². The SMILES string of the molecule is Cc1c(N2C(=O)[C@@H]3C4C[C@H](CN4C(=S)Nc4ccc5c(c4)OCO5)N3C2=O)ccc(C#N)c1Cl. The predicted molar refractivity (Wildman–Crippen MR) is 127 cm³/mol. The molecule has 2 aromatic rings. The van der Waals surface area contributed by atoms with Crippen molar-refractivity contribution in [3.8, 4) is 17.6 Å². The number of thiocarbonyl (C=S) groups is 1. The second kappa shape index (κ2) is 7.48. The van der Waals surface area contributed by atoms with Gasteiger partial charge >= 0.3 is 6.03 Å². The first-order chi connectivity index (χ1) is 16.4. The van der Waals surface area contributed by atoms with Crippen molar-refractivity contribution in [2.24, 2.45) is 0 Å². The normalized spacial score (nSPS) is 24.0. The number of hydrogen-bond donors (Lipinski definition) is 1. The summed E-state index contributed by atoms with van der Waals surface area (Å²) in [4.78, 5) is 31.6. The molecule has 4 aliphatic heterocycles. The van der Waals surface area contributed by atoms with Crippen LogP contribution in [-0.4, -0.2) is 58.3 Å². The highest BCUT2D eigenvalue weighted by molar-refractivity contribution is 7.80. The maximum Gasteiger partial charge on any atom is 0.332 e. The third-order valence-electron chi connectivity index (χ3n) is 6.87. The van der Waals surface area contributed by atoms with E-state index < -0.39 is 6.04 Å². The molecular weight excluding hydrogens is 478 g/mol. The fourth-order valence-electron chi connectivity index (χ4n) is 5.29. The molecule has 9 nitrogen and oxygen atoms in total. The molecule has 0 saturated carbocycles. The minimum absolute atomic E-state index is 0.123. The Bertz CT molecular complexity index is 1330. The molecule has 6 rings (SSSR count). The van der Waals surface area contributed by atoms with Crippen molar-refractivity contribution in [1.82, 2.24) is 9.80 Å². The van der Waals surface area contributed by atoms with Crippen LogP contribution < -0.4 is 19.7 Å². The van der Waals surface area contributed by atoms with Gasteiger partial charge in [0, 0.05) is 18.3 Å². The van der Waals surface area contributed by atoms with Crippen LogP contribution in [0.5, 0.6) is 11.5 Å². The number of ether oxygens (including phenoxy) is 2. The number of piperazine rings is 1. The average Bonchev–Trinajstić information content (AvgIpc) is 3.59. The molecule has 11 heteroatoms. The number of urea groups is 1. The molecule has 4 aliphatic rings. The van der Waals surface area contributed by atoms with Crippen molar-refractivity contribution in [2.45, 2.75) is 31.5 Å². The van der Waals surface area contributed by atoms with Crippen LogP contribution in [0.25, 0.3) is 0 Å². The number of nitriles is 1. The quantitative estimate of drug-likeness (QED) is 0.501. The molecule has 1 N–H and O–H groups in total. The van der Waals surface area contributed by atoms with Crippen molar-refractivity contribution >= 4 is 52.2 Å². The molecule has 2 aromatic carbocycles. The van der Waals surface area contributed by atoms with Gasteiger partial charge in [0.25, 0.3) is 5.91 Å². The fourth-order valence-corrected chi connectivity index (χ4v) is 5.82. The largest absolute Gasteiger partial charge is 0.454 e. The van der Waals surface area contributed by atoms with Gasteiger partial charge in [-0.25, -0.2) is 9.69 Å². The summed E-state index contributed by atoms with van der Waals surface area (Å²) < 4.78 is 10.8. The van der Waals surface area contributed by atoms with Crippen LogP contribution >= 0.6 is 23.8 Å². The maximum atomic E-state index is 13.5. The summed E-state index contributed by atoms with van der Waals surface area (Å²) in [5.74, 6) is 1.02. The molecule has 172 valence electrons. The van der Waals surface area contributed by atoms with Crippen LogP contribution in [0.3, 0.4) is 0 Å². The van der Waals surface area contributed by atoms with E-state index in [-0.39, 0.29) is 35.8 Å². The first-order valence-electron chi connectivity index (χ1n) is 10.7. The lowest BCUT2D eigenvalue weighted by Gasteiger charge is -2.36. The van der Waals surface area contributed by atoms with E-state index in [0.717, 1.165) is 5.69 Å². The number of imide groups is 1. The minimum atomic E-state index is -0.628. The third-order valence-corrected chi connectivity index (χ3v) is 7.69. The number of carbonyl (C=O) groups excluding carboxylic acids is 2. The second-order valence-corrected chi connectivity index (χ2v) is 9.36. The number of carbonyl (C=O) groups is 2. The standard InChI is InChI=1S/C23H18ClN5O4S/c1-11-15(4-2-12(8-25)19(11)24)29-21(30)20-16-7-14(28(20)23(29)31)9-27(16)22(34)26-13-3-5-17-18(6-13)33-10-32-17/h2-6,14,16,20H,7,9-10H2,1H3,(H,26,34)/t14-,16?,20+/m1/s1. The van der Waals surface area contributed by atoms with E-state index >= 15 is 0 Å². The lowest BCUT2D eigenvalue weighted by molar-refractivity contribution is -0.120.